The van der Waals surface area contributed by atoms with Crippen molar-refractivity contribution in [2.75, 3.05) is 0 Å². The zero-order valence-corrected chi connectivity index (χ0v) is 15.7. The second-order valence-electron chi connectivity index (χ2n) is 6.17. The number of hydrogen-bond donors (Lipinski definition) is 2. The van der Waals surface area contributed by atoms with Gasteiger partial charge in [0, 0.05) is 17.7 Å². The van der Waals surface area contributed by atoms with Gasteiger partial charge in [0.15, 0.2) is 0 Å². The van der Waals surface area contributed by atoms with Gasteiger partial charge in [-0.05, 0) is 35.9 Å². The van der Waals surface area contributed by atoms with Crippen molar-refractivity contribution in [2.24, 2.45) is 15.3 Å². The van der Waals surface area contributed by atoms with Gasteiger partial charge in [0.05, 0.1) is 28.9 Å². The van der Waals surface area contributed by atoms with E-state index >= 15 is 0 Å². The molecule has 0 aromatic heterocycles. The van der Waals surface area contributed by atoms with Crippen molar-refractivity contribution in [3.05, 3.63) is 94.0 Å². The molecule has 1 amide bonds. The summed E-state index contributed by atoms with van der Waals surface area (Å²) in [4.78, 5) is 22.1. The van der Waals surface area contributed by atoms with Crippen LogP contribution < -0.4 is 5.43 Å². The number of nitrogens with one attached hydrogen (secondary N) is 1. The molecule has 0 saturated carbocycles. The Morgan fingerprint density at radius 3 is 2.37 bits per heavy atom. The second kappa shape index (κ2) is 9.69. The molecule has 2 N–H and O–H groups in total. The van der Waals surface area contributed by atoms with E-state index in [1.807, 2.05) is 30.3 Å². The van der Waals surface area contributed by atoms with Gasteiger partial charge in [-0.25, -0.2) is 5.43 Å². The summed E-state index contributed by atoms with van der Waals surface area (Å²) >= 11 is 0. The van der Waals surface area contributed by atoms with Crippen molar-refractivity contribution in [2.45, 2.75) is 6.42 Å². The molecule has 3 rings (SSSR count). The van der Waals surface area contributed by atoms with Crippen molar-refractivity contribution in [1.82, 2.24) is 5.43 Å². The Balaban J connectivity index is 1.63. The quantitative estimate of drug-likeness (QED) is 0.262. The van der Waals surface area contributed by atoms with Gasteiger partial charge >= 0.3 is 0 Å². The van der Waals surface area contributed by atoms with E-state index in [0.29, 0.717) is 16.9 Å². The summed E-state index contributed by atoms with van der Waals surface area (Å²) in [6, 6.07) is 19.4. The number of amides is 1. The highest BCUT2D eigenvalue weighted by Crippen LogP contribution is 2.25. The molecule has 0 radical (unpaired) electrons. The molecule has 0 atom stereocenters. The van der Waals surface area contributed by atoms with Crippen LogP contribution in [0.3, 0.4) is 0 Å². The number of azo groups is 1. The fraction of sp³-hybridized carbons (Fsp3) is 0.0476. The summed E-state index contributed by atoms with van der Waals surface area (Å²) in [5.41, 5.74) is 4.45. The summed E-state index contributed by atoms with van der Waals surface area (Å²) in [6.07, 6.45) is 1.50. The average molecular weight is 403 g/mol. The van der Waals surface area contributed by atoms with E-state index < -0.39 is 4.92 Å². The summed E-state index contributed by atoms with van der Waals surface area (Å²) < 4.78 is 0. The number of carbonyl (C=O) groups is 1. The minimum atomic E-state index is -0.495. The standard InChI is InChI=1S/C21H17N5O4/c27-20-11-8-18(24-23-17-6-9-19(10-7-17)26(29)30)13-16(20)14-22-25-21(28)12-15-4-2-1-3-5-15/h1-11,13-14,27H,12H2,(H,25,28). The summed E-state index contributed by atoms with van der Waals surface area (Å²) in [5.74, 6) is -0.323. The normalized spacial score (nSPS) is 11.1. The first-order valence-corrected chi connectivity index (χ1v) is 8.86. The molecule has 0 spiro atoms. The van der Waals surface area contributed by atoms with E-state index in [-0.39, 0.29) is 23.8 Å². The molecular formula is C21H17N5O4. The molecule has 3 aromatic rings. The van der Waals surface area contributed by atoms with Crippen LogP contribution in [0.2, 0.25) is 0 Å². The number of nitrogens with zero attached hydrogens (tertiary/aromatic N) is 4. The SMILES string of the molecule is O=C(Cc1ccccc1)NN=Cc1cc(N=Nc2ccc([N+](=O)[O-])cc2)ccc1O. The first-order valence-electron chi connectivity index (χ1n) is 8.86. The van der Waals surface area contributed by atoms with Gasteiger partial charge in [0.2, 0.25) is 5.91 Å². The van der Waals surface area contributed by atoms with Crippen LogP contribution in [-0.4, -0.2) is 22.2 Å². The van der Waals surface area contributed by atoms with Crippen molar-refractivity contribution in [1.29, 1.82) is 0 Å². The van der Waals surface area contributed by atoms with E-state index in [9.17, 15) is 20.0 Å². The van der Waals surface area contributed by atoms with Crippen molar-refractivity contribution < 1.29 is 14.8 Å². The lowest BCUT2D eigenvalue weighted by molar-refractivity contribution is -0.384. The number of benzene rings is 3. The zero-order valence-electron chi connectivity index (χ0n) is 15.7. The van der Waals surface area contributed by atoms with Gasteiger partial charge in [-0.1, -0.05) is 30.3 Å². The lowest BCUT2D eigenvalue weighted by Gasteiger charge is -2.02. The Morgan fingerprint density at radius 2 is 1.67 bits per heavy atom. The van der Waals surface area contributed by atoms with Crippen LogP contribution in [-0.2, 0) is 11.2 Å². The molecule has 0 aliphatic heterocycles. The number of rotatable bonds is 7. The van der Waals surface area contributed by atoms with Crippen LogP contribution in [0, 0.1) is 10.1 Å². The predicted molar refractivity (Wildman–Crippen MR) is 111 cm³/mol. The smallest absolute Gasteiger partial charge is 0.269 e. The molecule has 0 saturated heterocycles. The number of hydrogen-bond acceptors (Lipinski definition) is 7. The predicted octanol–water partition coefficient (Wildman–Crippen LogP) is 4.41. The van der Waals surface area contributed by atoms with Gasteiger partial charge in [-0.2, -0.15) is 15.3 Å². The highest BCUT2D eigenvalue weighted by atomic mass is 16.6. The Labute approximate surface area is 171 Å². The fourth-order valence-corrected chi connectivity index (χ4v) is 2.46. The lowest BCUT2D eigenvalue weighted by Crippen LogP contribution is -2.19. The van der Waals surface area contributed by atoms with Crippen LogP contribution >= 0.6 is 0 Å². The Morgan fingerprint density at radius 1 is 1.00 bits per heavy atom. The van der Waals surface area contributed by atoms with Gasteiger partial charge in [0.1, 0.15) is 5.75 Å². The van der Waals surface area contributed by atoms with E-state index in [0.717, 1.165) is 5.56 Å². The maximum atomic E-state index is 11.9. The van der Waals surface area contributed by atoms with Crippen molar-refractivity contribution in [3.63, 3.8) is 0 Å². The van der Waals surface area contributed by atoms with E-state index in [2.05, 4.69) is 20.8 Å². The average Bonchev–Trinajstić information content (AvgIpc) is 2.75. The number of phenolic OH excluding ortho intramolecular Hbond substituents is 1. The minimum Gasteiger partial charge on any atom is -0.507 e. The van der Waals surface area contributed by atoms with Crippen LogP contribution in [0.4, 0.5) is 17.1 Å². The van der Waals surface area contributed by atoms with E-state index in [4.69, 9.17) is 0 Å². The molecule has 3 aromatic carbocycles. The summed E-state index contributed by atoms with van der Waals surface area (Å²) in [7, 11) is 0. The lowest BCUT2D eigenvalue weighted by atomic mass is 10.1. The van der Waals surface area contributed by atoms with Crippen LogP contribution in [0.5, 0.6) is 5.75 Å². The number of nitro groups is 1. The van der Waals surface area contributed by atoms with Gasteiger partial charge < -0.3 is 5.11 Å². The third-order valence-electron chi connectivity index (χ3n) is 3.95. The molecule has 0 bridgehead atoms. The molecule has 150 valence electrons. The highest BCUT2D eigenvalue weighted by molar-refractivity contribution is 5.86. The van der Waals surface area contributed by atoms with Crippen LogP contribution in [0.1, 0.15) is 11.1 Å². The molecule has 0 aliphatic carbocycles. The van der Waals surface area contributed by atoms with Gasteiger partial charge in [0.25, 0.3) is 5.69 Å². The molecule has 0 heterocycles. The molecule has 30 heavy (non-hydrogen) atoms. The van der Waals surface area contributed by atoms with Crippen molar-refractivity contribution in [3.8, 4) is 5.75 Å². The molecule has 0 fully saturated rings. The molecular weight excluding hydrogens is 386 g/mol. The number of phenols is 1. The topological polar surface area (TPSA) is 130 Å². The van der Waals surface area contributed by atoms with Crippen LogP contribution in [0.25, 0.3) is 0 Å². The number of hydrazone groups is 1. The third-order valence-corrected chi connectivity index (χ3v) is 3.95. The number of non-ortho nitro benzene ring substituents is 1. The van der Waals surface area contributed by atoms with Crippen LogP contribution in [0.15, 0.2) is 88.1 Å². The highest BCUT2D eigenvalue weighted by Gasteiger charge is 2.05. The Kier molecular flexibility index (Phi) is 6.57. The van der Waals surface area contributed by atoms with Gasteiger partial charge in [-0.15, -0.1) is 0 Å². The number of carbonyl (C=O) groups excluding carboxylic acids is 1. The number of nitro benzene ring substituents is 1. The summed E-state index contributed by atoms with van der Waals surface area (Å²) in [5, 5.41) is 32.6. The maximum Gasteiger partial charge on any atom is 0.269 e. The third kappa shape index (κ3) is 5.80. The molecule has 0 unspecified atom stereocenters. The zero-order chi connectivity index (χ0) is 21.3. The van der Waals surface area contributed by atoms with E-state index in [1.165, 1.54) is 42.6 Å². The molecule has 0 aliphatic rings. The number of aromatic hydroxyl groups is 1. The fourth-order valence-electron chi connectivity index (χ4n) is 2.46. The largest absolute Gasteiger partial charge is 0.507 e. The maximum absolute atomic E-state index is 11.9. The second-order valence-corrected chi connectivity index (χ2v) is 6.17. The van der Waals surface area contributed by atoms with E-state index in [1.54, 1.807) is 6.07 Å². The molecule has 9 heteroatoms. The Hall–Kier alpha value is -4.40. The molecule has 9 nitrogen and oxygen atoms in total. The first-order chi connectivity index (χ1) is 14.5. The Bertz CT molecular complexity index is 1100. The first kappa shape index (κ1) is 20.3. The van der Waals surface area contributed by atoms with Crippen molar-refractivity contribution >= 4 is 29.2 Å². The minimum absolute atomic E-state index is 0.0357. The summed E-state index contributed by atoms with van der Waals surface area (Å²) in [6.45, 7) is 0. The monoisotopic (exact) mass is 403 g/mol. The van der Waals surface area contributed by atoms with Gasteiger partial charge in [-0.3, -0.25) is 14.9 Å².